The van der Waals surface area contributed by atoms with Gasteiger partial charge in [0, 0.05) is 38.8 Å². The van der Waals surface area contributed by atoms with Gasteiger partial charge >= 0.3 is 0 Å². The van der Waals surface area contributed by atoms with E-state index >= 15 is 0 Å². The molecule has 1 aromatic heterocycles. The molecule has 3 heterocycles. The van der Waals surface area contributed by atoms with Gasteiger partial charge in [0.1, 0.15) is 8.07 Å². The maximum Gasteiger partial charge on any atom is 0.127 e. The standard InChI is InChI=1S/C33H24N3OSi.CH4.Pt/c1-35-20-21-36(24-35)25-10-8-11-26(22-25)37-27-17-18-31-30(23-27)33-32(16-9-19-34-33)38(31,28-12-4-2-5-13-28)29-14-6-3-7-15-29;;/h2-21,24H,1H3;1H4;/q-3;;. The topological polar surface area (TPSA) is 28.6 Å². The van der Waals surface area contributed by atoms with E-state index in [-0.39, 0.29) is 28.5 Å². The normalized spacial score (nSPS) is 14.1. The Morgan fingerprint density at radius 1 is 0.725 bits per heavy atom. The monoisotopic (exact) mass is 717 g/mol. The molecule has 2 aliphatic rings. The van der Waals surface area contributed by atoms with E-state index < -0.39 is 8.07 Å². The number of rotatable bonds is 5. The molecular weight excluding hydrogens is 690 g/mol. The van der Waals surface area contributed by atoms with Gasteiger partial charge in [0.2, 0.25) is 0 Å². The van der Waals surface area contributed by atoms with E-state index in [4.69, 9.17) is 9.72 Å². The predicted molar refractivity (Wildman–Crippen MR) is 161 cm³/mol. The molecule has 0 saturated carbocycles. The Labute approximate surface area is 251 Å². The van der Waals surface area contributed by atoms with Gasteiger partial charge in [-0.25, -0.2) is 0 Å². The summed E-state index contributed by atoms with van der Waals surface area (Å²) in [5.41, 5.74) is 2.92. The van der Waals surface area contributed by atoms with Crippen LogP contribution in [0, 0.1) is 18.8 Å². The number of benzene rings is 4. The Hall–Kier alpha value is -3.92. The fourth-order valence-electron chi connectivity index (χ4n) is 5.61. The summed E-state index contributed by atoms with van der Waals surface area (Å²) in [6, 6.07) is 43.2. The number of hydrogen-bond donors (Lipinski definition) is 0. The molecule has 4 aromatic carbocycles. The zero-order valence-corrected chi connectivity index (χ0v) is 24.5. The van der Waals surface area contributed by atoms with E-state index in [1.54, 1.807) is 0 Å². The Morgan fingerprint density at radius 3 is 2.10 bits per heavy atom. The first-order chi connectivity index (χ1) is 18.7. The molecule has 2 aliphatic heterocycles. The van der Waals surface area contributed by atoms with Crippen LogP contribution in [0.2, 0.25) is 0 Å². The van der Waals surface area contributed by atoms with Crippen LogP contribution in [0.4, 0.5) is 5.69 Å². The smallest absolute Gasteiger partial charge is 0.127 e. The van der Waals surface area contributed by atoms with Crippen LogP contribution < -0.4 is 30.4 Å². The Morgan fingerprint density at radius 2 is 1.43 bits per heavy atom. The van der Waals surface area contributed by atoms with Crippen molar-refractivity contribution in [3.05, 3.63) is 141 Å². The van der Waals surface area contributed by atoms with Crippen LogP contribution in [0.3, 0.4) is 0 Å². The number of hydrogen-bond acceptors (Lipinski definition) is 4. The Bertz CT molecular complexity index is 1620. The minimum absolute atomic E-state index is 0. The average molecular weight is 718 g/mol. The van der Waals surface area contributed by atoms with Crippen molar-refractivity contribution in [2.45, 2.75) is 7.43 Å². The summed E-state index contributed by atoms with van der Waals surface area (Å²) < 4.78 is 6.32. The Kier molecular flexibility index (Phi) is 7.80. The average Bonchev–Trinajstić information content (AvgIpc) is 3.54. The summed E-state index contributed by atoms with van der Waals surface area (Å²) in [5.74, 6) is 1.29. The van der Waals surface area contributed by atoms with Crippen LogP contribution in [-0.2, 0) is 21.1 Å². The molecule has 0 atom stereocenters. The molecule has 0 amide bonds. The molecule has 0 fully saturated rings. The molecule has 7 rings (SSSR count). The second-order valence-electron chi connectivity index (χ2n) is 9.48. The van der Waals surface area contributed by atoms with Crippen molar-refractivity contribution in [1.82, 2.24) is 9.88 Å². The van der Waals surface area contributed by atoms with Gasteiger partial charge in [-0.1, -0.05) is 95.8 Å². The molecule has 4 nitrogen and oxygen atoms in total. The molecule has 6 heteroatoms. The van der Waals surface area contributed by atoms with Gasteiger partial charge in [-0.2, -0.15) is 12.7 Å². The van der Waals surface area contributed by atoms with Crippen LogP contribution in [0.25, 0.3) is 11.3 Å². The fraction of sp³-hybridized carbons (Fsp3) is 0.0588. The molecule has 0 aliphatic carbocycles. The largest absolute Gasteiger partial charge is 0.510 e. The van der Waals surface area contributed by atoms with E-state index in [2.05, 4.69) is 91.0 Å². The third-order valence-corrected chi connectivity index (χ3v) is 12.0. The van der Waals surface area contributed by atoms with E-state index in [0.717, 1.165) is 16.9 Å². The van der Waals surface area contributed by atoms with Crippen molar-refractivity contribution in [3.63, 3.8) is 0 Å². The molecule has 5 aromatic rings. The van der Waals surface area contributed by atoms with Gasteiger partial charge in [0.15, 0.2) is 0 Å². The number of aromatic nitrogens is 1. The second kappa shape index (κ2) is 11.3. The second-order valence-corrected chi connectivity index (χ2v) is 13.2. The first-order valence-corrected chi connectivity index (χ1v) is 14.6. The predicted octanol–water partition coefficient (Wildman–Crippen LogP) is 4.81. The first kappa shape index (κ1) is 27.6. The number of anilines is 1. The third-order valence-electron chi connectivity index (χ3n) is 7.21. The summed E-state index contributed by atoms with van der Waals surface area (Å²) in [7, 11) is -0.558. The summed E-state index contributed by atoms with van der Waals surface area (Å²) in [6.45, 7) is 2.00. The van der Waals surface area contributed by atoms with Crippen molar-refractivity contribution in [2.75, 3.05) is 11.9 Å². The van der Waals surface area contributed by atoms with Gasteiger partial charge in [0.05, 0.1) is 0 Å². The van der Waals surface area contributed by atoms with Crippen LogP contribution in [0.5, 0.6) is 11.5 Å². The maximum atomic E-state index is 6.32. The summed E-state index contributed by atoms with van der Waals surface area (Å²) in [6.07, 6.45) is 5.87. The van der Waals surface area contributed by atoms with E-state index in [1.807, 2.05) is 66.4 Å². The van der Waals surface area contributed by atoms with Gasteiger partial charge < -0.3 is 19.5 Å². The van der Waals surface area contributed by atoms with Crippen molar-refractivity contribution in [2.24, 2.45) is 0 Å². The minimum Gasteiger partial charge on any atom is -0.510 e. The molecule has 0 N–H and O–H groups in total. The number of ether oxygens (including phenoxy) is 1. The summed E-state index contributed by atoms with van der Waals surface area (Å²) in [5, 5.41) is 5.24. The zero-order valence-electron chi connectivity index (χ0n) is 21.2. The third kappa shape index (κ3) is 4.49. The number of fused-ring (bicyclic) bond motifs is 3. The van der Waals surface area contributed by atoms with Crippen LogP contribution in [0.1, 0.15) is 7.43 Å². The van der Waals surface area contributed by atoms with Gasteiger partial charge in [-0.05, 0) is 31.2 Å². The fourth-order valence-corrected chi connectivity index (χ4v) is 10.6. The zero-order chi connectivity index (χ0) is 25.5. The SMILES string of the molecule is C.CN1C=CN(c2[c-]c(Oc3[c-]c4c(cc3)[Si](c3ccccc3)(c3ccccc3)c3cccnc3-4)ccc2)[CH-]1.[Pt]. The minimum atomic E-state index is -2.55. The van der Waals surface area contributed by atoms with E-state index in [1.165, 1.54) is 20.7 Å². The number of pyridine rings is 1. The van der Waals surface area contributed by atoms with Crippen LogP contribution in [0.15, 0.2) is 122 Å². The summed E-state index contributed by atoms with van der Waals surface area (Å²) >= 11 is 0. The molecule has 40 heavy (non-hydrogen) atoms. The van der Waals surface area contributed by atoms with Gasteiger partial charge in [0.25, 0.3) is 0 Å². The van der Waals surface area contributed by atoms with Gasteiger partial charge in [-0.15, -0.1) is 46.8 Å². The molecule has 202 valence electrons. The maximum absolute atomic E-state index is 6.32. The molecule has 0 saturated heterocycles. The molecule has 0 unspecified atom stereocenters. The van der Waals surface area contributed by atoms with Crippen molar-refractivity contribution in [3.8, 4) is 22.8 Å². The van der Waals surface area contributed by atoms with Crippen LogP contribution in [-0.4, -0.2) is 25.0 Å². The number of nitrogens with zero attached hydrogens (tertiary/aromatic N) is 3. The van der Waals surface area contributed by atoms with Crippen molar-refractivity contribution in [1.29, 1.82) is 0 Å². The first-order valence-electron chi connectivity index (χ1n) is 12.6. The van der Waals surface area contributed by atoms with Crippen molar-refractivity contribution >= 4 is 34.5 Å². The quantitative estimate of drug-likeness (QED) is 0.189. The molecular formula is C34H28N3OPtSi-3. The van der Waals surface area contributed by atoms with Gasteiger partial charge in [-0.3, -0.25) is 0 Å². The molecule has 0 spiro atoms. The van der Waals surface area contributed by atoms with Crippen molar-refractivity contribution < 1.29 is 25.8 Å². The molecule has 0 radical (unpaired) electrons. The van der Waals surface area contributed by atoms with Crippen LogP contribution >= 0.6 is 0 Å². The molecule has 0 bridgehead atoms. The van der Waals surface area contributed by atoms with E-state index in [0.29, 0.717) is 11.5 Å². The Balaban J connectivity index is 0.00000161. The summed E-state index contributed by atoms with van der Waals surface area (Å²) in [4.78, 5) is 8.89. The van der Waals surface area contributed by atoms with E-state index in [9.17, 15) is 0 Å².